The fourth-order valence-electron chi connectivity index (χ4n) is 5.89. The van der Waals surface area contributed by atoms with E-state index in [9.17, 15) is 13.2 Å². The van der Waals surface area contributed by atoms with Gasteiger partial charge in [-0.15, -0.1) is 0 Å². The van der Waals surface area contributed by atoms with Crippen LogP contribution in [0.25, 0.3) is 22.0 Å². The summed E-state index contributed by atoms with van der Waals surface area (Å²) in [5.74, 6) is 0.488. The van der Waals surface area contributed by atoms with Crippen LogP contribution in [0, 0.1) is 5.92 Å². The van der Waals surface area contributed by atoms with Gasteiger partial charge in [0.15, 0.2) is 0 Å². The molecular weight excluding hydrogens is 484 g/mol. The molecule has 0 spiro atoms. The van der Waals surface area contributed by atoms with Crippen molar-refractivity contribution in [1.29, 1.82) is 0 Å². The number of nitrogens with zero attached hydrogens (tertiary/aromatic N) is 2. The van der Waals surface area contributed by atoms with Crippen molar-refractivity contribution in [3.05, 3.63) is 58.8 Å². The van der Waals surface area contributed by atoms with Gasteiger partial charge in [0.05, 0.1) is 16.8 Å². The van der Waals surface area contributed by atoms with Crippen molar-refractivity contribution in [2.75, 3.05) is 18.8 Å². The van der Waals surface area contributed by atoms with Crippen LogP contribution < -0.4 is 5.73 Å². The summed E-state index contributed by atoms with van der Waals surface area (Å²) in [5, 5.41) is 0.999. The van der Waals surface area contributed by atoms with Crippen LogP contribution in [0.15, 0.2) is 36.5 Å². The lowest BCUT2D eigenvalue weighted by Crippen LogP contribution is -2.38. The van der Waals surface area contributed by atoms with E-state index in [1.807, 2.05) is 12.3 Å². The number of nitrogens with one attached hydrogen (secondary N) is 1. The van der Waals surface area contributed by atoms with E-state index in [0.717, 1.165) is 53.5 Å². The predicted molar refractivity (Wildman–Crippen MR) is 149 cm³/mol. The van der Waals surface area contributed by atoms with Gasteiger partial charge < -0.3 is 10.7 Å². The van der Waals surface area contributed by atoms with E-state index in [-0.39, 0.29) is 11.7 Å². The number of H-pyrrole nitrogens is 1. The highest BCUT2D eigenvalue weighted by Gasteiger charge is 2.30. The molecule has 198 valence electrons. The van der Waals surface area contributed by atoms with Crippen LogP contribution in [0.3, 0.4) is 0 Å². The summed E-state index contributed by atoms with van der Waals surface area (Å²) in [4.78, 5) is 18.3. The first-order valence-corrected chi connectivity index (χ1v) is 15.0. The summed E-state index contributed by atoms with van der Waals surface area (Å²) >= 11 is 0. The Labute approximate surface area is 220 Å². The first kappa shape index (κ1) is 25.9. The standard InChI is InChI=1S/C29H38N4O3S/c1-5-37(35,36)33-10-8-20(9-11-33)27-15-31-28-25(27)13-23(14-26(28)29(30)34)21-6-7-22-16-32(17-24(22)12-21)19(4)18(2)3/h6-7,12-15,18-20,31H,5,8-11,16-17H2,1-4H3,(H2,30,34). The zero-order chi connectivity index (χ0) is 26.5. The van der Waals surface area contributed by atoms with Crippen molar-refractivity contribution >= 4 is 26.8 Å². The second kappa shape index (κ2) is 9.89. The monoisotopic (exact) mass is 522 g/mol. The summed E-state index contributed by atoms with van der Waals surface area (Å²) in [5.41, 5.74) is 13.0. The average molecular weight is 523 g/mol. The van der Waals surface area contributed by atoms with Gasteiger partial charge in [0.2, 0.25) is 10.0 Å². The number of amides is 1. The lowest BCUT2D eigenvalue weighted by molar-refractivity contribution is 0.100. The number of piperidine rings is 1. The fourth-order valence-corrected chi connectivity index (χ4v) is 7.02. The molecule has 1 aromatic heterocycles. The summed E-state index contributed by atoms with van der Waals surface area (Å²) < 4.78 is 26.2. The molecule has 0 aliphatic carbocycles. The minimum absolute atomic E-state index is 0.130. The molecule has 8 heteroatoms. The highest BCUT2D eigenvalue weighted by atomic mass is 32.2. The fraction of sp³-hybridized carbons (Fsp3) is 0.483. The molecule has 3 aromatic rings. The van der Waals surface area contributed by atoms with E-state index in [1.165, 1.54) is 11.1 Å². The molecule has 37 heavy (non-hydrogen) atoms. The third-order valence-corrected chi connectivity index (χ3v) is 10.4. The number of aromatic amines is 1. The SMILES string of the molecule is CCS(=O)(=O)N1CCC(c2c[nH]c3c(C(N)=O)cc(-c4ccc5c(c4)CN(C(C)C(C)C)C5)cc23)CC1. The molecule has 1 atom stereocenters. The number of primary amides is 1. The first-order chi connectivity index (χ1) is 17.6. The molecule has 5 rings (SSSR count). The Bertz CT molecular complexity index is 1430. The highest BCUT2D eigenvalue weighted by Crippen LogP contribution is 2.38. The second-order valence-corrected chi connectivity index (χ2v) is 13.3. The number of nitrogens with two attached hydrogens (primary N) is 1. The molecule has 1 saturated heterocycles. The molecule has 1 unspecified atom stereocenters. The first-order valence-electron chi connectivity index (χ1n) is 13.4. The minimum Gasteiger partial charge on any atom is -0.366 e. The van der Waals surface area contributed by atoms with Gasteiger partial charge in [0.1, 0.15) is 0 Å². The third kappa shape index (κ3) is 4.82. The van der Waals surface area contributed by atoms with Crippen molar-refractivity contribution in [2.24, 2.45) is 11.7 Å². The summed E-state index contributed by atoms with van der Waals surface area (Å²) in [7, 11) is -3.18. The quantitative estimate of drug-likeness (QED) is 0.465. The number of carbonyl (C=O) groups is 1. The lowest BCUT2D eigenvalue weighted by Gasteiger charge is -2.31. The molecule has 3 heterocycles. The zero-order valence-electron chi connectivity index (χ0n) is 22.3. The molecule has 3 N–H and O–H groups in total. The van der Waals surface area contributed by atoms with Crippen LogP contribution in [0.5, 0.6) is 0 Å². The maximum Gasteiger partial charge on any atom is 0.250 e. The van der Waals surface area contributed by atoms with Gasteiger partial charge in [-0.1, -0.05) is 26.0 Å². The molecule has 1 fully saturated rings. The van der Waals surface area contributed by atoms with Crippen molar-refractivity contribution < 1.29 is 13.2 Å². The Hall–Kier alpha value is -2.68. The molecule has 0 bridgehead atoms. The Balaban J connectivity index is 1.48. The number of sulfonamides is 1. The van der Waals surface area contributed by atoms with Gasteiger partial charge in [0, 0.05) is 43.8 Å². The van der Waals surface area contributed by atoms with E-state index < -0.39 is 15.9 Å². The maximum absolute atomic E-state index is 12.5. The van der Waals surface area contributed by atoms with Crippen LogP contribution >= 0.6 is 0 Å². The minimum atomic E-state index is -3.18. The van der Waals surface area contributed by atoms with Crippen molar-refractivity contribution in [3.63, 3.8) is 0 Å². The topological polar surface area (TPSA) is 99.5 Å². The van der Waals surface area contributed by atoms with Crippen LogP contribution in [0.4, 0.5) is 0 Å². The van der Waals surface area contributed by atoms with Gasteiger partial charge in [0.25, 0.3) is 5.91 Å². The number of benzene rings is 2. The average Bonchev–Trinajstić information content (AvgIpc) is 3.51. The van der Waals surface area contributed by atoms with E-state index in [2.05, 4.69) is 54.9 Å². The summed E-state index contributed by atoms with van der Waals surface area (Å²) in [6.45, 7) is 11.5. The molecule has 2 aliphatic rings. The van der Waals surface area contributed by atoms with E-state index in [4.69, 9.17) is 5.73 Å². The number of aromatic nitrogens is 1. The number of carbonyl (C=O) groups excluding carboxylic acids is 1. The van der Waals surface area contributed by atoms with Crippen molar-refractivity contribution in [3.8, 4) is 11.1 Å². The number of rotatable bonds is 7. The Morgan fingerprint density at radius 3 is 2.41 bits per heavy atom. The molecule has 0 saturated carbocycles. The second-order valence-electron chi connectivity index (χ2n) is 11.0. The van der Waals surface area contributed by atoms with E-state index in [0.29, 0.717) is 30.6 Å². The Kier molecular flexibility index (Phi) is 6.94. The molecule has 2 aromatic carbocycles. The number of hydrogen-bond donors (Lipinski definition) is 2. The number of hydrogen-bond acceptors (Lipinski definition) is 4. The van der Waals surface area contributed by atoms with Crippen LogP contribution in [-0.4, -0.2) is 53.4 Å². The summed E-state index contributed by atoms with van der Waals surface area (Å²) in [6.07, 6.45) is 3.49. The normalized spacial score (nSPS) is 18.5. The molecule has 2 aliphatic heterocycles. The van der Waals surface area contributed by atoms with Gasteiger partial charge in [-0.2, -0.15) is 0 Å². The van der Waals surface area contributed by atoms with Gasteiger partial charge in [-0.25, -0.2) is 12.7 Å². The lowest BCUT2D eigenvalue weighted by atomic mass is 9.88. The largest absolute Gasteiger partial charge is 0.366 e. The molecule has 7 nitrogen and oxygen atoms in total. The smallest absolute Gasteiger partial charge is 0.250 e. The molecular formula is C29H38N4O3S. The highest BCUT2D eigenvalue weighted by molar-refractivity contribution is 7.89. The Morgan fingerprint density at radius 2 is 1.76 bits per heavy atom. The van der Waals surface area contributed by atoms with Crippen LogP contribution in [0.2, 0.25) is 0 Å². The van der Waals surface area contributed by atoms with Gasteiger partial charge >= 0.3 is 0 Å². The zero-order valence-corrected chi connectivity index (χ0v) is 23.1. The van der Waals surface area contributed by atoms with Crippen molar-refractivity contribution in [2.45, 2.75) is 65.6 Å². The van der Waals surface area contributed by atoms with E-state index in [1.54, 1.807) is 11.2 Å². The third-order valence-electron chi connectivity index (χ3n) is 8.57. The molecule has 0 radical (unpaired) electrons. The maximum atomic E-state index is 12.5. The predicted octanol–water partition coefficient (Wildman–Crippen LogP) is 4.82. The van der Waals surface area contributed by atoms with Crippen molar-refractivity contribution in [1.82, 2.24) is 14.2 Å². The Morgan fingerprint density at radius 1 is 1.05 bits per heavy atom. The molecule has 1 amide bonds. The van der Waals surface area contributed by atoms with Crippen LogP contribution in [-0.2, 0) is 23.1 Å². The van der Waals surface area contributed by atoms with Gasteiger partial charge in [-0.05, 0) is 84.5 Å². The van der Waals surface area contributed by atoms with E-state index >= 15 is 0 Å². The number of fused-ring (bicyclic) bond motifs is 2. The summed E-state index contributed by atoms with van der Waals surface area (Å²) in [6, 6.07) is 11.2. The van der Waals surface area contributed by atoms with Gasteiger partial charge in [-0.3, -0.25) is 9.69 Å². The van der Waals surface area contributed by atoms with Crippen LogP contribution in [0.1, 0.15) is 73.5 Å².